The first-order chi connectivity index (χ1) is 8.52. The summed E-state index contributed by atoms with van der Waals surface area (Å²) in [6.45, 7) is 0.0459. The largest absolute Gasteiger partial charge is 0.390 e. The quantitative estimate of drug-likeness (QED) is 0.695. The van der Waals surface area contributed by atoms with Crippen LogP contribution >= 0.6 is 0 Å². The molecule has 2 aromatic rings. The molecule has 0 aliphatic carbocycles. The van der Waals surface area contributed by atoms with Crippen LogP contribution in [0, 0.1) is 0 Å². The summed E-state index contributed by atoms with van der Waals surface area (Å²) in [5, 5.41) is 16.4. The van der Waals surface area contributed by atoms with Crippen LogP contribution in [0.3, 0.4) is 0 Å². The van der Waals surface area contributed by atoms with Gasteiger partial charge in [-0.05, 0) is 0 Å². The summed E-state index contributed by atoms with van der Waals surface area (Å²) in [6.07, 6.45) is 1.56. The molecule has 0 amide bonds. The second kappa shape index (κ2) is 4.57. The van der Waals surface area contributed by atoms with Gasteiger partial charge in [0.05, 0.1) is 19.3 Å². The lowest BCUT2D eigenvalue weighted by Crippen LogP contribution is -2.38. The fraction of sp³-hybridized carbons (Fsp3) is 0.400. The standard InChI is InChI=1S/C10H13N5O3/c1-13-8(3-9(17)14(2)10(13)18)5-15-4-7(6-16)11-12-15/h3-4,16H,5-6H2,1-2H3. The molecule has 2 rings (SSSR count). The number of rotatable bonds is 3. The van der Waals surface area contributed by atoms with Gasteiger partial charge >= 0.3 is 5.69 Å². The van der Waals surface area contributed by atoms with Gasteiger partial charge in [-0.2, -0.15) is 0 Å². The molecule has 0 aromatic carbocycles. The third kappa shape index (κ3) is 2.09. The number of aliphatic hydroxyl groups is 1. The molecule has 0 saturated carbocycles. The van der Waals surface area contributed by atoms with Crippen LogP contribution in [0.2, 0.25) is 0 Å². The molecule has 0 fully saturated rings. The summed E-state index contributed by atoms with van der Waals surface area (Å²) in [5.41, 5.74) is 0.205. The van der Waals surface area contributed by atoms with E-state index in [9.17, 15) is 9.59 Å². The minimum absolute atomic E-state index is 0.199. The Morgan fingerprint density at radius 3 is 2.61 bits per heavy atom. The van der Waals surface area contributed by atoms with Gasteiger partial charge in [0.1, 0.15) is 5.69 Å². The normalized spacial score (nSPS) is 10.8. The molecule has 0 bridgehead atoms. The third-order valence-corrected chi connectivity index (χ3v) is 2.70. The van der Waals surface area contributed by atoms with E-state index in [-0.39, 0.29) is 24.4 Å². The summed E-state index contributed by atoms with van der Waals surface area (Å²) >= 11 is 0. The van der Waals surface area contributed by atoms with E-state index in [0.29, 0.717) is 11.4 Å². The van der Waals surface area contributed by atoms with Crippen LogP contribution < -0.4 is 11.2 Å². The molecule has 0 saturated heterocycles. The molecular weight excluding hydrogens is 238 g/mol. The summed E-state index contributed by atoms with van der Waals surface area (Å²) in [4.78, 5) is 23.2. The first kappa shape index (κ1) is 12.2. The average Bonchev–Trinajstić information content (AvgIpc) is 2.81. The van der Waals surface area contributed by atoms with Gasteiger partial charge in [0, 0.05) is 25.9 Å². The average molecular weight is 251 g/mol. The highest BCUT2D eigenvalue weighted by molar-refractivity contribution is 5.03. The van der Waals surface area contributed by atoms with Crippen LogP contribution in [-0.2, 0) is 27.2 Å². The van der Waals surface area contributed by atoms with Crippen molar-refractivity contribution in [3.05, 3.63) is 44.5 Å². The molecule has 0 aliphatic heterocycles. The zero-order valence-electron chi connectivity index (χ0n) is 10.1. The SMILES string of the molecule is Cn1c(Cn2cc(CO)nn2)cc(=O)n(C)c1=O. The van der Waals surface area contributed by atoms with Gasteiger partial charge in [0.2, 0.25) is 0 Å². The molecule has 0 radical (unpaired) electrons. The highest BCUT2D eigenvalue weighted by atomic mass is 16.3. The van der Waals surface area contributed by atoms with Crippen molar-refractivity contribution < 1.29 is 5.11 Å². The summed E-state index contributed by atoms with van der Waals surface area (Å²) < 4.78 is 3.87. The van der Waals surface area contributed by atoms with Gasteiger partial charge in [-0.15, -0.1) is 5.10 Å². The Hall–Kier alpha value is -2.22. The van der Waals surface area contributed by atoms with Crippen molar-refractivity contribution in [2.45, 2.75) is 13.2 Å². The van der Waals surface area contributed by atoms with E-state index in [4.69, 9.17) is 5.11 Å². The third-order valence-electron chi connectivity index (χ3n) is 2.70. The van der Waals surface area contributed by atoms with Gasteiger partial charge in [-0.25, -0.2) is 9.48 Å². The van der Waals surface area contributed by atoms with Gasteiger partial charge in [0.25, 0.3) is 5.56 Å². The van der Waals surface area contributed by atoms with Gasteiger partial charge in [0.15, 0.2) is 0 Å². The molecule has 0 aliphatic rings. The second-order valence-corrected chi connectivity index (χ2v) is 3.94. The summed E-state index contributed by atoms with van der Waals surface area (Å²) in [7, 11) is 3.01. The monoisotopic (exact) mass is 251 g/mol. The lowest BCUT2D eigenvalue weighted by molar-refractivity contribution is 0.276. The molecule has 2 heterocycles. The Morgan fingerprint density at radius 1 is 1.28 bits per heavy atom. The number of aliphatic hydroxyl groups excluding tert-OH is 1. The number of nitrogens with zero attached hydrogens (tertiary/aromatic N) is 5. The lowest BCUT2D eigenvalue weighted by atomic mass is 10.4. The Bertz CT molecular complexity index is 682. The van der Waals surface area contributed by atoms with E-state index in [1.165, 1.54) is 22.4 Å². The fourth-order valence-electron chi connectivity index (χ4n) is 1.58. The maximum Gasteiger partial charge on any atom is 0.330 e. The van der Waals surface area contributed by atoms with E-state index in [0.717, 1.165) is 4.57 Å². The molecule has 0 atom stereocenters. The maximum absolute atomic E-state index is 11.7. The van der Waals surface area contributed by atoms with E-state index in [1.807, 2.05) is 0 Å². The van der Waals surface area contributed by atoms with E-state index in [2.05, 4.69) is 10.3 Å². The first-order valence-corrected chi connectivity index (χ1v) is 5.28. The predicted octanol–water partition coefficient (Wildman–Crippen LogP) is -1.78. The van der Waals surface area contributed by atoms with Gasteiger partial charge in [-0.1, -0.05) is 5.21 Å². The molecule has 18 heavy (non-hydrogen) atoms. The highest BCUT2D eigenvalue weighted by Crippen LogP contribution is 1.98. The Labute approximate surface area is 102 Å². The van der Waals surface area contributed by atoms with Crippen LogP contribution in [-0.4, -0.2) is 29.2 Å². The molecule has 0 spiro atoms. The second-order valence-electron chi connectivity index (χ2n) is 3.94. The topological polar surface area (TPSA) is 94.9 Å². The van der Waals surface area contributed by atoms with Crippen molar-refractivity contribution in [1.29, 1.82) is 0 Å². The lowest BCUT2D eigenvalue weighted by Gasteiger charge is -2.08. The summed E-state index contributed by atoms with van der Waals surface area (Å²) in [6, 6.07) is 1.38. The zero-order valence-corrected chi connectivity index (χ0v) is 10.1. The number of aromatic nitrogens is 5. The Morgan fingerprint density at radius 2 is 2.00 bits per heavy atom. The molecule has 1 N–H and O–H groups in total. The predicted molar refractivity (Wildman–Crippen MR) is 62.0 cm³/mol. The maximum atomic E-state index is 11.7. The van der Waals surface area contributed by atoms with Crippen molar-refractivity contribution in [2.24, 2.45) is 14.1 Å². The van der Waals surface area contributed by atoms with E-state index >= 15 is 0 Å². The van der Waals surface area contributed by atoms with Crippen molar-refractivity contribution in [1.82, 2.24) is 24.1 Å². The molecule has 96 valence electrons. The summed E-state index contributed by atoms with van der Waals surface area (Å²) in [5.74, 6) is 0. The van der Waals surface area contributed by atoms with Crippen molar-refractivity contribution >= 4 is 0 Å². The van der Waals surface area contributed by atoms with Crippen LogP contribution in [0.1, 0.15) is 11.4 Å². The number of hydrogen-bond acceptors (Lipinski definition) is 5. The van der Waals surface area contributed by atoms with Crippen molar-refractivity contribution in [3.8, 4) is 0 Å². The molecule has 8 heteroatoms. The molecular formula is C10H13N5O3. The first-order valence-electron chi connectivity index (χ1n) is 5.28. The zero-order chi connectivity index (χ0) is 13.3. The number of hydrogen-bond donors (Lipinski definition) is 1. The smallest absolute Gasteiger partial charge is 0.330 e. The van der Waals surface area contributed by atoms with Crippen LogP contribution in [0.15, 0.2) is 21.9 Å². The van der Waals surface area contributed by atoms with E-state index in [1.54, 1.807) is 13.2 Å². The van der Waals surface area contributed by atoms with Crippen LogP contribution in [0.4, 0.5) is 0 Å². The van der Waals surface area contributed by atoms with Crippen LogP contribution in [0.25, 0.3) is 0 Å². The molecule has 2 aromatic heterocycles. The van der Waals surface area contributed by atoms with Crippen molar-refractivity contribution in [2.75, 3.05) is 0 Å². The van der Waals surface area contributed by atoms with E-state index < -0.39 is 0 Å². The Kier molecular flexibility index (Phi) is 3.11. The minimum atomic E-state index is -0.389. The fourth-order valence-corrected chi connectivity index (χ4v) is 1.58. The molecule has 0 unspecified atom stereocenters. The highest BCUT2D eigenvalue weighted by Gasteiger charge is 2.07. The van der Waals surface area contributed by atoms with Gasteiger partial charge < -0.3 is 5.11 Å². The van der Waals surface area contributed by atoms with Crippen molar-refractivity contribution in [3.63, 3.8) is 0 Å². The van der Waals surface area contributed by atoms with Gasteiger partial charge in [-0.3, -0.25) is 13.9 Å². The van der Waals surface area contributed by atoms with Crippen LogP contribution in [0.5, 0.6) is 0 Å². The minimum Gasteiger partial charge on any atom is -0.390 e. The molecule has 8 nitrogen and oxygen atoms in total. The Balaban J connectivity index is 2.41.